The molecule has 0 aromatic rings. The van der Waals surface area contributed by atoms with E-state index < -0.39 is 11.5 Å². The van der Waals surface area contributed by atoms with Crippen LogP contribution in [0.4, 0.5) is 0 Å². The zero-order valence-corrected chi connectivity index (χ0v) is 7.78. The number of hydrogen-bond acceptors (Lipinski definition) is 3. The van der Waals surface area contributed by atoms with Gasteiger partial charge in [-0.25, -0.2) is 4.79 Å². The number of carboxylic acid groups (broad SMARTS) is 1. The van der Waals surface area contributed by atoms with Gasteiger partial charge in [-0.05, 0) is 18.8 Å². The number of ether oxygens (including phenoxy) is 1. The van der Waals surface area contributed by atoms with Crippen molar-refractivity contribution in [2.75, 3.05) is 13.2 Å². The summed E-state index contributed by atoms with van der Waals surface area (Å²) in [6.45, 7) is 0.0699. The van der Waals surface area contributed by atoms with Crippen molar-refractivity contribution in [1.29, 1.82) is 0 Å². The molecule has 1 atom stereocenters. The Morgan fingerprint density at radius 2 is 2.29 bits per heavy atom. The van der Waals surface area contributed by atoms with Crippen LogP contribution in [0.5, 0.6) is 0 Å². The van der Waals surface area contributed by atoms with Crippen molar-refractivity contribution in [3.8, 4) is 0 Å². The van der Waals surface area contributed by atoms with Crippen LogP contribution in [-0.2, 0) is 14.3 Å². The molecule has 2 aliphatic rings. The van der Waals surface area contributed by atoms with Crippen molar-refractivity contribution < 1.29 is 19.4 Å². The maximum Gasteiger partial charge on any atom is 0.332 e. The Bertz CT molecular complexity index is 274. The van der Waals surface area contributed by atoms with Gasteiger partial charge in [0.2, 0.25) is 5.91 Å². The van der Waals surface area contributed by atoms with Crippen LogP contribution in [-0.4, -0.2) is 35.7 Å². The summed E-state index contributed by atoms with van der Waals surface area (Å²) in [7, 11) is 0. The van der Waals surface area contributed by atoms with Gasteiger partial charge in [-0.3, -0.25) is 4.79 Å². The van der Waals surface area contributed by atoms with Gasteiger partial charge in [0.15, 0.2) is 5.54 Å². The first kappa shape index (κ1) is 9.45. The Kier molecular flexibility index (Phi) is 2.19. The smallest absolute Gasteiger partial charge is 0.332 e. The molecule has 0 spiro atoms. The van der Waals surface area contributed by atoms with Crippen molar-refractivity contribution >= 4 is 11.9 Å². The minimum atomic E-state index is -1.16. The minimum absolute atomic E-state index is 0.0260. The van der Waals surface area contributed by atoms with Gasteiger partial charge < -0.3 is 15.2 Å². The quantitative estimate of drug-likeness (QED) is 0.643. The summed E-state index contributed by atoms with van der Waals surface area (Å²) in [4.78, 5) is 22.3. The summed E-state index contributed by atoms with van der Waals surface area (Å²) in [6, 6.07) is 0. The predicted molar refractivity (Wildman–Crippen MR) is 46.7 cm³/mol. The van der Waals surface area contributed by atoms with Gasteiger partial charge in [-0.2, -0.15) is 0 Å². The van der Waals surface area contributed by atoms with Gasteiger partial charge in [0.05, 0.1) is 6.61 Å². The number of carbonyl (C=O) groups excluding carboxylic acids is 1. The molecule has 2 rings (SSSR count). The average molecular weight is 199 g/mol. The number of aliphatic carboxylic acids is 1. The molecule has 2 fully saturated rings. The topological polar surface area (TPSA) is 75.6 Å². The molecular weight excluding hydrogens is 186 g/mol. The SMILES string of the molecule is O=C1COCC(C(=O)O)(C2CCC2)N1. The summed E-state index contributed by atoms with van der Waals surface area (Å²) >= 11 is 0. The first-order valence-electron chi connectivity index (χ1n) is 4.77. The highest BCUT2D eigenvalue weighted by molar-refractivity contribution is 5.89. The van der Waals surface area contributed by atoms with E-state index >= 15 is 0 Å². The largest absolute Gasteiger partial charge is 0.479 e. The fraction of sp³-hybridized carbons (Fsp3) is 0.778. The number of morpholine rings is 1. The molecule has 14 heavy (non-hydrogen) atoms. The molecular formula is C9H13NO4. The van der Waals surface area contributed by atoms with Crippen molar-refractivity contribution in [2.45, 2.75) is 24.8 Å². The highest BCUT2D eigenvalue weighted by Crippen LogP contribution is 2.37. The predicted octanol–water partition coefficient (Wildman–Crippen LogP) is -0.244. The lowest BCUT2D eigenvalue weighted by atomic mass is 9.70. The zero-order valence-electron chi connectivity index (χ0n) is 7.78. The first-order valence-corrected chi connectivity index (χ1v) is 4.77. The zero-order chi connectivity index (χ0) is 10.2. The van der Waals surface area contributed by atoms with Crippen LogP contribution in [0.25, 0.3) is 0 Å². The Hall–Kier alpha value is -1.10. The highest BCUT2D eigenvalue weighted by Gasteiger charge is 2.51. The number of hydrogen-bond donors (Lipinski definition) is 2. The number of nitrogens with one attached hydrogen (secondary N) is 1. The third-order valence-electron chi connectivity index (χ3n) is 3.11. The molecule has 5 nitrogen and oxygen atoms in total. The number of amides is 1. The Labute approximate surface area is 81.4 Å². The second-order valence-electron chi connectivity index (χ2n) is 3.95. The van der Waals surface area contributed by atoms with E-state index in [4.69, 9.17) is 9.84 Å². The van der Waals surface area contributed by atoms with Gasteiger partial charge >= 0.3 is 5.97 Å². The summed E-state index contributed by atoms with van der Waals surface area (Å²) in [5.41, 5.74) is -1.16. The van der Waals surface area contributed by atoms with E-state index in [-0.39, 0.29) is 25.0 Å². The van der Waals surface area contributed by atoms with E-state index in [2.05, 4.69) is 5.32 Å². The molecule has 1 aliphatic carbocycles. The monoisotopic (exact) mass is 199 g/mol. The van der Waals surface area contributed by atoms with Crippen LogP contribution in [0.15, 0.2) is 0 Å². The van der Waals surface area contributed by atoms with E-state index in [1.165, 1.54) is 0 Å². The fourth-order valence-electron chi connectivity index (χ4n) is 2.04. The molecule has 1 saturated heterocycles. The van der Waals surface area contributed by atoms with E-state index in [0.29, 0.717) is 0 Å². The van der Waals surface area contributed by atoms with Crippen LogP contribution >= 0.6 is 0 Å². The first-order chi connectivity index (χ1) is 6.65. The third kappa shape index (κ3) is 1.28. The molecule has 78 valence electrons. The maximum atomic E-state index is 11.2. The molecule has 0 aromatic carbocycles. The third-order valence-corrected chi connectivity index (χ3v) is 3.11. The molecule has 2 N–H and O–H groups in total. The normalized spacial score (nSPS) is 33.3. The lowest BCUT2D eigenvalue weighted by Gasteiger charge is -2.44. The van der Waals surface area contributed by atoms with Crippen LogP contribution in [0.3, 0.4) is 0 Å². The van der Waals surface area contributed by atoms with Crippen LogP contribution in [0.2, 0.25) is 0 Å². The average Bonchev–Trinajstić information content (AvgIpc) is 2.00. The minimum Gasteiger partial charge on any atom is -0.479 e. The van der Waals surface area contributed by atoms with E-state index in [1.54, 1.807) is 0 Å². The number of carboxylic acids is 1. The van der Waals surface area contributed by atoms with Gasteiger partial charge in [0.1, 0.15) is 6.61 Å². The Balaban J connectivity index is 2.19. The molecule has 0 aromatic heterocycles. The Morgan fingerprint density at radius 1 is 1.57 bits per heavy atom. The molecule has 5 heteroatoms. The van der Waals surface area contributed by atoms with Crippen molar-refractivity contribution in [3.05, 3.63) is 0 Å². The summed E-state index contributed by atoms with van der Waals surface area (Å²) in [5.74, 6) is -1.27. The number of rotatable bonds is 2. The Morgan fingerprint density at radius 3 is 2.71 bits per heavy atom. The molecule has 1 aliphatic heterocycles. The van der Waals surface area contributed by atoms with Gasteiger partial charge in [0, 0.05) is 0 Å². The van der Waals surface area contributed by atoms with Crippen molar-refractivity contribution in [3.63, 3.8) is 0 Å². The van der Waals surface area contributed by atoms with Gasteiger partial charge in [-0.15, -0.1) is 0 Å². The summed E-state index contributed by atoms with van der Waals surface area (Å²) in [5, 5.41) is 11.7. The molecule has 0 radical (unpaired) electrons. The van der Waals surface area contributed by atoms with Gasteiger partial charge in [0.25, 0.3) is 0 Å². The standard InChI is InChI=1S/C9H13NO4/c11-7-4-14-5-9(10-7,8(12)13)6-2-1-3-6/h6H,1-5H2,(H,10,11)(H,12,13). The molecule has 0 bridgehead atoms. The van der Waals surface area contributed by atoms with E-state index in [9.17, 15) is 9.59 Å². The lowest BCUT2D eigenvalue weighted by molar-refractivity contribution is -0.163. The molecule has 1 heterocycles. The number of carbonyl (C=O) groups is 2. The summed E-state index contributed by atoms with van der Waals surface area (Å²) in [6.07, 6.45) is 2.75. The van der Waals surface area contributed by atoms with Crippen molar-refractivity contribution in [1.82, 2.24) is 5.32 Å². The second kappa shape index (κ2) is 3.24. The van der Waals surface area contributed by atoms with Crippen molar-refractivity contribution in [2.24, 2.45) is 5.92 Å². The lowest BCUT2D eigenvalue weighted by Crippen LogP contribution is -2.67. The van der Waals surface area contributed by atoms with Crippen LogP contribution in [0.1, 0.15) is 19.3 Å². The fourth-order valence-corrected chi connectivity index (χ4v) is 2.04. The van der Waals surface area contributed by atoms with Gasteiger partial charge in [-0.1, -0.05) is 6.42 Å². The second-order valence-corrected chi connectivity index (χ2v) is 3.95. The van der Waals surface area contributed by atoms with E-state index in [0.717, 1.165) is 19.3 Å². The highest BCUT2D eigenvalue weighted by atomic mass is 16.5. The maximum absolute atomic E-state index is 11.2. The van der Waals surface area contributed by atoms with E-state index in [1.807, 2.05) is 0 Å². The molecule has 1 unspecified atom stereocenters. The van der Waals surface area contributed by atoms with Crippen LogP contribution in [0, 0.1) is 5.92 Å². The summed E-state index contributed by atoms with van der Waals surface area (Å²) < 4.78 is 5.02. The molecule has 1 amide bonds. The molecule has 1 saturated carbocycles. The van der Waals surface area contributed by atoms with Crippen LogP contribution < -0.4 is 5.32 Å².